The van der Waals surface area contributed by atoms with E-state index in [1.165, 1.54) is 12.1 Å². The summed E-state index contributed by atoms with van der Waals surface area (Å²) in [5.41, 5.74) is 1.05. The molecule has 0 amide bonds. The molecule has 0 N–H and O–H groups in total. The number of nitro benzene ring substituents is 1. The number of halogens is 1. The first-order chi connectivity index (χ1) is 7.66. The van der Waals surface area contributed by atoms with Crippen LogP contribution >= 0.6 is 22.6 Å². The molecule has 82 valence electrons. The molecule has 1 heterocycles. The molecule has 0 saturated carbocycles. The average Bonchev–Trinajstić information content (AvgIpc) is 2.65. The molecule has 16 heavy (non-hydrogen) atoms. The Morgan fingerprint density at radius 3 is 2.56 bits per heavy atom. The monoisotopic (exact) mass is 330 g/mol. The van der Waals surface area contributed by atoms with Crippen LogP contribution in [0, 0.1) is 13.8 Å². The van der Waals surface area contributed by atoms with E-state index in [1.807, 2.05) is 0 Å². The van der Waals surface area contributed by atoms with Gasteiger partial charge in [-0.3, -0.25) is 10.1 Å². The van der Waals surface area contributed by atoms with Gasteiger partial charge in [-0.15, -0.1) is 5.10 Å². The quantitative estimate of drug-likeness (QED) is 0.489. The summed E-state index contributed by atoms with van der Waals surface area (Å²) < 4.78 is 2.65. The van der Waals surface area contributed by atoms with E-state index in [-0.39, 0.29) is 5.69 Å². The average molecular weight is 330 g/mol. The number of benzene rings is 1. The smallest absolute Gasteiger partial charge is 0.258 e. The first-order valence-corrected chi connectivity index (χ1v) is 5.52. The lowest BCUT2D eigenvalue weighted by molar-refractivity contribution is -0.384. The topological polar surface area (TPSA) is 73.8 Å². The Morgan fingerprint density at radius 2 is 2.06 bits per heavy atom. The van der Waals surface area contributed by atoms with Crippen LogP contribution in [0.5, 0.6) is 0 Å². The van der Waals surface area contributed by atoms with Gasteiger partial charge >= 0.3 is 0 Å². The van der Waals surface area contributed by atoms with Gasteiger partial charge in [-0.25, -0.2) is 4.68 Å². The number of hydrogen-bond donors (Lipinski definition) is 0. The molecular formula is C9H7IN4O2. The van der Waals surface area contributed by atoms with Gasteiger partial charge in [0.15, 0.2) is 0 Å². The summed E-state index contributed by atoms with van der Waals surface area (Å²) in [7, 11) is 0. The van der Waals surface area contributed by atoms with Crippen LogP contribution in [0.15, 0.2) is 30.5 Å². The maximum absolute atomic E-state index is 10.5. The summed E-state index contributed by atoms with van der Waals surface area (Å²) in [5.74, 6) is 0. The minimum atomic E-state index is -0.414. The number of aromatic nitrogens is 3. The Hall–Kier alpha value is -1.51. The molecule has 0 atom stereocenters. The second-order valence-corrected chi connectivity index (χ2v) is 4.24. The molecule has 0 aliphatic carbocycles. The Kier molecular flexibility index (Phi) is 3.13. The van der Waals surface area contributed by atoms with Crippen molar-refractivity contribution >= 4 is 28.3 Å². The zero-order valence-electron chi connectivity index (χ0n) is 8.08. The molecule has 1 aromatic carbocycles. The van der Waals surface area contributed by atoms with E-state index in [0.717, 1.165) is 9.26 Å². The van der Waals surface area contributed by atoms with Crippen molar-refractivity contribution in [1.29, 1.82) is 0 Å². The molecule has 2 rings (SSSR count). The van der Waals surface area contributed by atoms with Crippen molar-refractivity contribution in [3.05, 3.63) is 49.8 Å². The van der Waals surface area contributed by atoms with E-state index in [0.29, 0.717) is 6.54 Å². The van der Waals surface area contributed by atoms with Gasteiger partial charge in [0.05, 0.1) is 17.7 Å². The first-order valence-electron chi connectivity index (χ1n) is 4.44. The minimum absolute atomic E-state index is 0.0945. The van der Waals surface area contributed by atoms with Gasteiger partial charge in [0.1, 0.15) is 3.70 Å². The molecule has 2 aromatic rings. The summed E-state index contributed by atoms with van der Waals surface area (Å²) >= 11 is 2.13. The fraction of sp³-hybridized carbons (Fsp3) is 0.111. The van der Waals surface area contributed by atoms with E-state index in [1.54, 1.807) is 23.0 Å². The predicted molar refractivity (Wildman–Crippen MR) is 64.9 cm³/mol. The second kappa shape index (κ2) is 4.56. The highest BCUT2D eigenvalue weighted by Crippen LogP contribution is 2.13. The third-order valence-electron chi connectivity index (χ3n) is 2.05. The van der Waals surface area contributed by atoms with Crippen molar-refractivity contribution < 1.29 is 4.92 Å². The van der Waals surface area contributed by atoms with Crippen molar-refractivity contribution in [2.45, 2.75) is 6.54 Å². The maximum Gasteiger partial charge on any atom is 0.269 e. The van der Waals surface area contributed by atoms with Crippen molar-refractivity contribution in [2.24, 2.45) is 0 Å². The van der Waals surface area contributed by atoms with Crippen LogP contribution in [-0.4, -0.2) is 19.9 Å². The van der Waals surface area contributed by atoms with E-state index >= 15 is 0 Å². The molecule has 0 fully saturated rings. The van der Waals surface area contributed by atoms with E-state index in [4.69, 9.17) is 0 Å². The molecule has 0 radical (unpaired) electrons. The standard InChI is InChI=1S/C9H7IN4O2/c10-9-5-11-12-13(9)6-7-1-3-8(4-2-7)14(15)16/h1-5H,6H2. The molecule has 1 aromatic heterocycles. The highest BCUT2D eigenvalue weighted by Gasteiger charge is 2.05. The SMILES string of the molecule is O=[N+]([O-])c1ccc(Cn2nncc2I)cc1. The van der Waals surface area contributed by atoms with Gasteiger partial charge in [0.25, 0.3) is 5.69 Å². The normalized spacial score (nSPS) is 10.3. The largest absolute Gasteiger partial charge is 0.269 e. The number of rotatable bonds is 3. The maximum atomic E-state index is 10.5. The molecule has 0 aliphatic rings. The van der Waals surface area contributed by atoms with Gasteiger partial charge in [0.2, 0.25) is 0 Å². The van der Waals surface area contributed by atoms with E-state index in [2.05, 4.69) is 32.9 Å². The van der Waals surface area contributed by atoms with Gasteiger partial charge < -0.3 is 0 Å². The molecule has 7 heteroatoms. The van der Waals surface area contributed by atoms with Crippen LogP contribution in [0.3, 0.4) is 0 Å². The fourth-order valence-corrected chi connectivity index (χ4v) is 1.64. The van der Waals surface area contributed by atoms with Gasteiger partial charge in [-0.2, -0.15) is 0 Å². The number of nitrogens with zero attached hydrogens (tertiary/aromatic N) is 4. The van der Waals surface area contributed by atoms with Gasteiger partial charge in [-0.05, 0) is 28.2 Å². The van der Waals surface area contributed by atoms with Crippen molar-refractivity contribution in [3.8, 4) is 0 Å². The number of hydrogen-bond acceptors (Lipinski definition) is 4. The highest BCUT2D eigenvalue weighted by molar-refractivity contribution is 14.1. The van der Waals surface area contributed by atoms with Crippen molar-refractivity contribution in [2.75, 3.05) is 0 Å². The second-order valence-electron chi connectivity index (χ2n) is 3.14. The lowest BCUT2D eigenvalue weighted by atomic mass is 10.2. The Labute approximate surface area is 105 Å². The summed E-state index contributed by atoms with van der Waals surface area (Å²) in [5, 5.41) is 18.1. The molecule has 0 unspecified atom stereocenters. The van der Waals surface area contributed by atoms with E-state index < -0.39 is 4.92 Å². The molecule has 0 spiro atoms. The number of non-ortho nitro benzene ring substituents is 1. The van der Waals surface area contributed by atoms with Crippen LogP contribution in [0.4, 0.5) is 5.69 Å². The highest BCUT2D eigenvalue weighted by atomic mass is 127. The molecule has 0 aliphatic heterocycles. The summed E-state index contributed by atoms with van der Waals surface area (Å²) in [6.45, 7) is 0.566. The summed E-state index contributed by atoms with van der Waals surface area (Å²) in [6.07, 6.45) is 1.66. The Bertz CT molecular complexity index is 508. The Morgan fingerprint density at radius 1 is 1.38 bits per heavy atom. The number of nitro groups is 1. The molecular weight excluding hydrogens is 323 g/mol. The molecule has 0 saturated heterocycles. The lowest BCUT2D eigenvalue weighted by Gasteiger charge is -2.01. The van der Waals surface area contributed by atoms with Gasteiger partial charge in [-0.1, -0.05) is 17.3 Å². The molecule has 6 nitrogen and oxygen atoms in total. The third-order valence-corrected chi connectivity index (χ3v) is 2.89. The van der Waals surface area contributed by atoms with Crippen LogP contribution in [0.25, 0.3) is 0 Å². The summed E-state index contributed by atoms with van der Waals surface area (Å²) in [4.78, 5) is 10.0. The third kappa shape index (κ3) is 2.35. The lowest BCUT2D eigenvalue weighted by Crippen LogP contribution is -2.03. The Balaban J connectivity index is 2.17. The predicted octanol–water partition coefficient (Wildman–Crippen LogP) is 1.84. The van der Waals surface area contributed by atoms with Crippen LogP contribution < -0.4 is 0 Å². The van der Waals surface area contributed by atoms with Crippen LogP contribution in [-0.2, 0) is 6.54 Å². The van der Waals surface area contributed by atoms with Crippen molar-refractivity contribution in [1.82, 2.24) is 15.0 Å². The van der Waals surface area contributed by atoms with Gasteiger partial charge in [0, 0.05) is 12.1 Å². The van der Waals surface area contributed by atoms with Crippen LogP contribution in [0.2, 0.25) is 0 Å². The van der Waals surface area contributed by atoms with Crippen LogP contribution in [0.1, 0.15) is 5.56 Å². The summed E-state index contributed by atoms with van der Waals surface area (Å²) in [6, 6.07) is 6.41. The molecule has 0 bridgehead atoms. The zero-order chi connectivity index (χ0) is 11.5. The fourth-order valence-electron chi connectivity index (χ4n) is 1.25. The van der Waals surface area contributed by atoms with E-state index in [9.17, 15) is 10.1 Å². The zero-order valence-corrected chi connectivity index (χ0v) is 10.2. The first kappa shape index (κ1) is 11.0. The minimum Gasteiger partial charge on any atom is -0.258 e. The van der Waals surface area contributed by atoms with Crippen molar-refractivity contribution in [3.63, 3.8) is 0 Å².